The molecule has 2 heterocycles. The van der Waals surface area contributed by atoms with Crippen LogP contribution in [0.15, 0.2) is 48.5 Å². The lowest BCUT2D eigenvalue weighted by Crippen LogP contribution is -2.34. The quantitative estimate of drug-likeness (QED) is 0.881. The Balaban J connectivity index is 1.67. The summed E-state index contributed by atoms with van der Waals surface area (Å²) in [4.78, 5) is 16.7. The van der Waals surface area contributed by atoms with Gasteiger partial charge in [0.2, 0.25) is 0 Å². The van der Waals surface area contributed by atoms with Crippen molar-refractivity contribution in [1.29, 1.82) is 0 Å². The first kappa shape index (κ1) is 16.5. The van der Waals surface area contributed by atoms with E-state index in [0.717, 1.165) is 37.3 Å². The molecule has 2 atom stereocenters. The van der Waals surface area contributed by atoms with Crippen LogP contribution >= 0.6 is 0 Å². The Bertz CT molecular complexity index is 669. The molecule has 0 aliphatic carbocycles. The van der Waals surface area contributed by atoms with Gasteiger partial charge in [-0.1, -0.05) is 36.4 Å². The highest BCUT2D eigenvalue weighted by Gasteiger charge is 2.23. The number of benzene rings is 1. The number of carbonyl (C=O) groups excluding carboxylic acids is 1. The number of pyridine rings is 1. The molecule has 0 spiro atoms. The lowest BCUT2D eigenvalue weighted by atomic mass is 9.94. The van der Waals surface area contributed by atoms with Gasteiger partial charge in [-0.3, -0.25) is 5.32 Å². The average Bonchev–Trinajstić information content (AvgIpc) is 3.08. The number of nitrogens with zero attached hydrogens (tertiary/aromatic N) is 1. The number of aryl methyl sites for hydroxylation is 1. The second kappa shape index (κ2) is 7.93. The number of urea groups is 1. The maximum Gasteiger partial charge on any atom is 0.320 e. The Morgan fingerprint density at radius 1 is 1.25 bits per heavy atom. The second-order valence-corrected chi connectivity index (χ2v) is 6.19. The topological polar surface area (TPSA) is 63.2 Å². The van der Waals surface area contributed by atoms with Gasteiger partial charge in [-0.05, 0) is 43.4 Å². The molecular formula is C19H23N3O2. The van der Waals surface area contributed by atoms with Crippen molar-refractivity contribution in [3.05, 3.63) is 59.8 Å². The molecule has 3 rings (SSSR count). The van der Waals surface area contributed by atoms with Crippen LogP contribution in [-0.4, -0.2) is 24.2 Å². The molecule has 1 aliphatic heterocycles. The van der Waals surface area contributed by atoms with Crippen LogP contribution < -0.4 is 10.6 Å². The van der Waals surface area contributed by atoms with Crippen LogP contribution in [0.5, 0.6) is 0 Å². The van der Waals surface area contributed by atoms with E-state index in [1.165, 1.54) is 0 Å². The zero-order chi connectivity index (χ0) is 16.8. The van der Waals surface area contributed by atoms with Crippen molar-refractivity contribution < 1.29 is 9.53 Å². The molecule has 5 heteroatoms. The Kier molecular flexibility index (Phi) is 5.43. The van der Waals surface area contributed by atoms with E-state index in [1.807, 2.05) is 49.4 Å². The summed E-state index contributed by atoms with van der Waals surface area (Å²) < 4.78 is 5.47. The van der Waals surface area contributed by atoms with Gasteiger partial charge in [-0.25, -0.2) is 9.78 Å². The highest BCUT2D eigenvalue weighted by atomic mass is 16.5. The number of nitrogens with one attached hydrogen (secondary N) is 2. The van der Waals surface area contributed by atoms with E-state index in [1.54, 1.807) is 6.07 Å². The van der Waals surface area contributed by atoms with E-state index in [2.05, 4.69) is 15.6 Å². The largest absolute Gasteiger partial charge is 0.381 e. The first-order valence-corrected chi connectivity index (χ1v) is 8.34. The van der Waals surface area contributed by atoms with E-state index in [-0.39, 0.29) is 12.1 Å². The van der Waals surface area contributed by atoms with E-state index in [4.69, 9.17) is 4.74 Å². The smallest absolute Gasteiger partial charge is 0.320 e. The molecule has 1 saturated heterocycles. The SMILES string of the molecule is Cc1cccc(NC(=O)N[C@H](C[C@H]2CCOC2)c2ccccc2)n1. The van der Waals surface area contributed by atoms with Crippen molar-refractivity contribution in [3.63, 3.8) is 0 Å². The summed E-state index contributed by atoms with van der Waals surface area (Å²) in [6.07, 6.45) is 1.92. The minimum atomic E-state index is -0.235. The number of aromatic nitrogens is 1. The van der Waals surface area contributed by atoms with Gasteiger partial charge in [0, 0.05) is 18.9 Å². The molecule has 1 fully saturated rings. The van der Waals surface area contributed by atoms with Crippen LogP contribution in [0.25, 0.3) is 0 Å². The first-order chi connectivity index (χ1) is 11.7. The lowest BCUT2D eigenvalue weighted by Gasteiger charge is -2.22. The van der Waals surface area contributed by atoms with Gasteiger partial charge in [0.25, 0.3) is 0 Å². The Morgan fingerprint density at radius 2 is 2.08 bits per heavy atom. The average molecular weight is 325 g/mol. The van der Waals surface area contributed by atoms with Gasteiger partial charge < -0.3 is 10.1 Å². The first-order valence-electron chi connectivity index (χ1n) is 8.34. The fourth-order valence-electron chi connectivity index (χ4n) is 2.99. The normalized spacial score (nSPS) is 18.1. The Labute approximate surface area is 142 Å². The minimum absolute atomic E-state index is 0.0392. The van der Waals surface area contributed by atoms with Crippen LogP contribution in [0, 0.1) is 12.8 Å². The number of rotatable bonds is 5. The summed E-state index contributed by atoms with van der Waals surface area (Å²) in [7, 11) is 0. The summed E-state index contributed by atoms with van der Waals surface area (Å²) in [5.41, 5.74) is 1.98. The molecule has 1 aliphatic rings. The van der Waals surface area contributed by atoms with Gasteiger partial charge in [-0.15, -0.1) is 0 Å². The number of ether oxygens (including phenoxy) is 1. The van der Waals surface area contributed by atoms with Crippen LogP contribution in [0.4, 0.5) is 10.6 Å². The predicted molar refractivity (Wildman–Crippen MR) is 93.9 cm³/mol. The molecule has 5 nitrogen and oxygen atoms in total. The molecule has 0 saturated carbocycles. The number of hydrogen-bond acceptors (Lipinski definition) is 3. The molecule has 0 bridgehead atoms. The van der Waals surface area contributed by atoms with Crippen LogP contribution in [0.3, 0.4) is 0 Å². The van der Waals surface area contributed by atoms with Gasteiger partial charge in [-0.2, -0.15) is 0 Å². The van der Waals surface area contributed by atoms with Gasteiger partial charge >= 0.3 is 6.03 Å². The molecule has 2 N–H and O–H groups in total. The van der Waals surface area contributed by atoms with Crippen LogP contribution in [-0.2, 0) is 4.74 Å². The fourth-order valence-corrected chi connectivity index (χ4v) is 2.99. The molecule has 126 valence electrons. The monoisotopic (exact) mass is 325 g/mol. The van der Waals surface area contributed by atoms with Crippen molar-refractivity contribution in [3.8, 4) is 0 Å². The molecule has 2 aromatic rings. The molecule has 1 aromatic heterocycles. The van der Waals surface area contributed by atoms with Crippen molar-refractivity contribution in [1.82, 2.24) is 10.3 Å². The number of hydrogen-bond donors (Lipinski definition) is 2. The lowest BCUT2D eigenvalue weighted by molar-refractivity contribution is 0.181. The highest BCUT2D eigenvalue weighted by Crippen LogP contribution is 2.26. The van der Waals surface area contributed by atoms with Crippen molar-refractivity contribution >= 4 is 11.8 Å². The summed E-state index contributed by atoms with van der Waals surface area (Å²) >= 11 is 0. The molecule has 1 aromatic carbocycles. The number of anilines is 1. The fraction of sp³-hybridized carbons (Fsp3) is 0.368. The minimum Gasteiger partial charge on any atom is -0.381 e. The Hall–Kier alpha value is -2.40. The standard InChI is InChI=1S/C19H23N3O2/c1-14-6-5-9-18(20-14)22-19(23)21-17(12-15-10-11-24-13-15)16-7-3-2-4-8-16/h2-9,15,17H,10-13H2,1H3,(H2,20,21,22,23)/t15-,17-/m1/s1. The summed E-state index contributed by atoms with van der Waals surface area (Å²) in [6, 6.07) is 15.4. The molecule has 24 heavy (non-hydrogen) atoms. The van der Waals surface area contributed by atoms with Crippen molar-refractivity contribution in [2.45, 2.75) is 25.8 Å². The Morgan fingerprint density at radius 3 is 2.79 bits per heavy atom. The van der Waals surface area contributed by atoms with Crippen molar-refractivity contribution in [2.24, 2.45) is 5.92 Å². The number of amides is 2. The van der Waals surface area contributed by atoms with Gasteiger partial charge in [0.05, 0.1) is 6.04 Å². The third kappa shape index (κ3) is 4.55. The number of carbonyl (C=O) groups is 1. The molecule has 0 radical (unpaired) electrons. The zero-order valence-electron chi connectivity index (χ0n) is 13.9. The summed E-state index contributed by atoms with van der Waals surface area (Å²) in [5.74, 6) is 1.04. The highest BCUT2D eigenvalue weighted by molar-refractivity contribution is 5.88. The van der Waals surface area contributed by atoms with E-state index >= 15 is 0 Å². The van der Waals surface area contributed by atoms with Crippen molar-refractivity contribution in [2.75, 3.05) is 18.5 Å². The third-order valence-electron chi connectivity index (χ3n) is 4.23. The van der Waals surface area contributed by atoms with E-state index < -0.39 is 0 Å². The van der Waals surface area contributed by atoms with Gasteiger partial charge in [0.15, 0.2) is 0 Å². The molecule has 0 unspecified atom stereocenters. The molecular weight excluding hydrogens is 302 g/mol. The molecule has 2 amide bonds. The van der Waals surface area contributed by atoms with Gasteiger partial charge in [0.1, 0.15) is 5.82 Å². The zero-order valence-corrected chi connectivity index (χ0v) is 13.9. The van der Waals surface area contributed by atoms with Crippen LogP contribution in [0.1, 0.15) is 30.1 Å². The summed E-state index contributed by atoms with van der Waals surface area (Å²) in [6.45, 7) is 3.48. The second-order valence-electron chi connectivity index (χ2n) is 6.19. The van der Waals surface area contributed by atoms with Crippen LogP contribution in [0.2, 0.25) is 0 Å². The third-order valence-corrected chi connectivity index (χ3v) is 4.23. The maximum absolute atomic E-state index is 12.4. The predicted octanol–water partition coefficient (Wildman–Crippen LogP) is 3.68. The van der Waals surface area contributed by atoms with E-state index in [0.29, 0.717) is 11.7 Å². The summed E-state index contributed by atoms with van der Waals surface area (Å²) in [5, 5.41) is 5.90. The van der Waals surface area contributed by atoms with E-state index in [9.17, 15) is 4.79 Å². The maximum atomic E-state index is 12.4.